The van der Waals surface area contributed by atoms with Crippen LogP contribution in [0.1, 0.15) is 27.7 Å². The lowest BCUT2D eigenvalue weighted by Crippen LogP contribution is -2.41. The van der Waals surface area contributed by atoms with Crippen molar-refractivity contribution in [2.45, 2.75) is 38.9 Å². The van der Waals surface area contributed by atoms with Gasteiger partial charge in [-0.15, -0.1) is 11.3 Å². The molecule has 0 bridgehead atoms. The van der Waals surface area contributed by atoms with E-state index >= 15 is 0 Å². The second-order valence-corrected chi connectivity index (χ2v) is 6.96. The Balaban J connectivity index is 1.86. The van der Waals surface area contributed by atoms with Crippen LogP contribution in [0.2, 0.25) is 0 Å². The fourth-order valence-electron chi connectivity index (χ4n) is 1.98. The van der Waals surface area contributed by atoms with Crippen molar-refractivity contribution < 1.29 is 9.31 Å². The minimum absolute atomic E-state index is 0.323. The van der Waals surface area contributed by atoms with Crippen LogP contribution in [-0.2, 0) is 9.31 Å². The SMILES string of the molecule is CC1(C)OB(c2cnc(-c3cccnc3)s2)OC1(C)C. The van der Waals surface area contributed by atoms with Gasteiger partial charge in [-0.2, -0.15) is 0 Å². The van der Waals surface area contributed by atoms with E-state index in [1.807, 2.05) is 24.5 Å². The molecular weight excluding hydrogens is 271 g/mol. The summed E-state index contributed by atoms with van der Waals surface area (Å²) in [5.74, 6) is 0. The van der Waals surface area contributed by atoms with Crippen LogP contribution in [-0.4, -0.2) is 28.3 Å². The molecule has 0 radical (unpaired) electrons. The molecule has 0 unspecified atom stereocenters. The summed E-state index contributed by atoms with van der Waals surface area (Å²) < 4.78 is 13.1. The fourth-order valence-corrected chi connectivity index (χ4v) is 2.84. The molecule has 0 atom stereocenters. The summed E-state index contributed by atoms with van der Waals surface area (Å²) in [5, 5.41) is 0.933. The highest BCUT2D eigenvalue weighted by molar-refractivity contribution is 7.24. The normalized spacial score (nSPS) is 20.3. The third-order valence-corrected chi connectivity index (χ3v) is 4.99. The topological polar surface area (TPSA) is 44.2 Å². The van der Waals surface area contributed by atoms with Crippen LogP contribution >= 0.6 is 11.3 Å². The second-order valence-electron chi connectivity index (χ2n) is 5.90. The lowest BCUT2D eigenvalue weighted by molar-refractivity contribution is 0.00578. The zero-order chi connectivity index (χ0) is 14.4. The first-order valence-electron chi connectivity index (χ1n) is 6.61. The van der Waals surface area contributed by atoms with E-state index in [1.54, 1.807) is 17.5 Å². The molecule has 3 rings (SSSR count). The van der Waals surface area contributed by atoms with Crippen LogP contribution in [0.5, 0.6) is 0 Å². The fraction of sp³-hybridized carbons (Fsp3) is 0.429. The van der Waals surface area contributed by atoms with E-state index in [4.69, 9.17) is 9.31 Å². The molecular formula is C14H17BN2O2S. The van der Waals surface area contributed by atoms with Crippen LogP contribution in [0.15, 0.2) is 30.7 Å². The molecule has 4 nitrogen and oxygen atoms in total. The zero-order valence-electron chi connectivity index (χ0n) is 12.1. The third kappa shape index (κ3) is 2.28. The molecule has 0 amide bonds. The van der Waals surface area contributed by atoms with Gasteiger partial charge >= 0.3 is 7.12 Å². The average molecular weight is 288 g/mol. The van der Waals surface area contributed by atoms with Crippen molar-refractivity contribution in [1.29, 1.82) is 0 Å². The van der Waals surface area contributed by atoms with Gasteiger partial charge in [-0.1, -0.05) is 0 Å². The Morgan fingerprint density at radius 2 is 1.80 bits per heavy atom. The van der Waals surface area contributed by atoms with Gasteiger partial charge in [-0.3, -0.25) is 4.98 Å². The van der Waals surface area contributed by atoms with Gasteiger partial charge in [0.15, 0.2) is 0 Å². The molecule has 104 valence electrons. The molecule has 1 saturated heterocycles. The van der Waals surface area contributed by atoms with Crippen LogP contribution in [0.4, 0.5) is 0 Å². The van der Waals surface area contributed by atoms with E-state index in [0.29, 0.717) is 0 Å². The molecule has 6 heteroatoms. The number of pyridine rings is 1. The molecule has 2 aromatic heterocycles. The third-order valence-electron chi connectivity index (χ3n) is 3.92. The highest BCUT2D eigenvalue weighted by Crippen LogP contribution is 2.37. The number of hydrogen-bond donors (Lipinski definition) is 0. The molecule has 0 N–H and O–H groups in total. The number of nitrogens with zero attached hydrogens (tertiary/aromatic N) is 2. The minimum Gasteiger partial charge on any atom is -0.399 e. The molecule has 20 heavy (non-hydrogen) atoms. The first kappa shape index (κ1) is 13.7. The van der Waals surface area contributed by atoms with Crippen LogP contribution in [0.25, 0.3) is 10.6 Å². The summed E-state index contributed by atoms with van der Waals surface area (Å²) in [4.78, 5) is 8.56. The minimum atomic E-state index is -0.345. The summed E-state index contributed by atoms with van der Waals surface area (Å²) in [6.45, 7) is 8.21. The lowest BCUT2D eigenvalue weighted by Gasteiger charge is -2.32. The Labute approximate surface area is 123 Å². The van der Waals surface area contributed by atoms with Crippen molar-refractivity contribution in [1.82, 2.24) is 9.97 Å². The highest BCUT2D eigenvalue weighted by atomic mass is 32.1. The Bertz CT molecular complexity index is 597. The van der Waals surface area contributed by atoms with E-state index in [0.717, 1.165) is 15.3 Å². The Hall–Kier alpha value is -1.24. The Morgan fingerprint density at radius 3 is 2.40 bits per heavy atom. The van der Waals surface area contributed by atoms with Gasteiger partial charge in [-0.25, -0.2) is 4.98 Å². The van der Waals surface area contributed by atoms with E-state index < -0.39 is 0 Å². The number of thiazole rings is 1. The highest BCUT2D eigenvalue weighted by Gasteiger charge is 2.52. The summed E-state index contributed by atoms with van der Waals surface area (Å²) in [5.41, 5.74) is 0.368. The molecule has 0 aromatic carbocycles. The maximum absolute atomic E-state index is 6.03. The second kappa shape index (κ2) is 4.65. The molecule has 2 aromatic rings. The van der Waals surface area contributed by atoms with Gasteiger partial charge in [0.05, 0.1) is 16.0 Å². The first-order valence-corrected chi connectivity index (χ1v) is 7.42. The maximum atomic E-state index is 6.03. The van der Waals surface area contributed by atoms with Crippen molar-refractivity contribution >= 4 is 23.2 Å². The summed E-state index contributed by atoms with van der Waals surface area (Å²) in [6, 6.07) is 3.91. The van der Waals surface area contributed by atoms with Crippen LogP contribution < -0.4 is 4.78 Å². The van der Waals surface area contributed by atoms with Gasteiger partial charge in [0.25, 0.3) is 0 Å². The first-order chi connectivity index (χ1) is 9.39. The summed E-state index contributed by atoms with van der Waals surface area (Å²) in [7, 11) is -0.345. The van der Waals surface area contributed by atoms with Gasteiger partial charge in [-0.05, 0) is 39.8 Å². The van der Waals surface area contributed by atoms with Crippen molar-refractivity contribution in [2.75, 3.05) is 0 Å². The average Bonchev–Trinajstić information content (AvgIpc) is 2.94. The Kier molecular flexibility index (Phi) is 3.19. The largest absolute Gasteiger partial charge is 0.507 e. The van der Waals surface area contributed by atoms with E-state index in [2.05, 4.69) is 37.7 Å². The van der Waals surface area contributed by atoms with Gasteiger partial charge in [0.1, 0.15) is 5.01 Å². The van der Waals surface area contributed by atoms with Gasteiger partial charge < -0.3 is 9.31 Å². The standard InChI is InChI=1S/C14H17BN2O2S/c1-13(2)14(3,4)19-15(18-13)11-9-17-12(20-11)10-6-5-7-16-8-10/h5-9H,1-4H3. The number of rotatable bonds is 2. The predicted octanol–water partition coefficient (Wildman–Crippen LogP) is 2.50. The van der Waals surface area contributed by atoms with Gasteiger partial charge in [0, 0.05) is 24.2 Å². The maximum Gasteiger partial charge on any atom is 0.507 e. The molecule has 3 heterocycles. The summed E-state index contributed by atoms with van der Waals surface area (Å²) >= 11 is 1.58. The molecule has 0 saturated carbocycles. The lowest BCUT2D eigenvalue weighted by atomic mass is 9.89. The van der Waals surface area contributed by atoms with Crippen LogP contribution in [0, 0.1) is 0 Å². The molecule has 0 aliphatic carbocycles. The smallest absolute Gasteiger partial charge is 0.399 e. The zero-order valence-corrected chi connectivity index (χ0v) is 12.9. The molecule has 1 aliphatic heterocycles. The molecule has 0 spiro atoms. The van der Waals surface area contributed by atoms with Crippen molar-refractivity contribution in [3.8, 4) is 10.6 Å². The van der Waals surface area contributed by atoms with Crippen molar-refractivity contribution in [3.63, 3.8) is 0 Å². The van der Waals surface area contributed by atoms with E-state index in [1.165, 1.54) is 0 Å². The van der Waals surface area contributed by atoms with Crippen LogP contribution in [0.3, 0.4) is 0 Å². The Morgan fingerprint density at radius 1 is 1.10 bits per heavy atom. The molecule has 1 fully saturated rings. The predicted molar refractivity (Wildman–Crippen MR) is 81.1 cm³/mol. The monoisotopic (exact) mass is 288 g/mol. The van der Waals surface area contributed by atoms with E-state index in [9.17, 15) is 0 Å². The van der Waals surface area contributed by atoms with E-state index in [-0.39, 0.29) is 18.3 Å². The van der Waals surface area contributed by atoms with Crippen molar-refractivity contribution in [3.05, 3.63) is 30.7 Å². The van der Waals surface area contributed by atoms with Crippen molar-refractivity contribution in [2.24, 2.45) is 0 Å². The number of hydrogen-bond acceptors (Lipinski definition) is 5. The number of aromatic nitrogens is 2. The quantitative estimate of drug-likeness (QED) is 0.796. The van der Waals surface area contributed by atoms with Gasteiger partial charge in [0.2, 0.25) is 0 Å². The molecule has 1 aliphatic rings. The summed E-state index contributed by atoms with van der Waals surface area (Å²) in [6.07, 6.45) is 5.40.